The molecule has 0 saturated heterocycles. The summed E-state index contributed by atoms with van der Waals surface area (Å²) in [4.78, 5) is 0. The Balaban J connectivity index is 2.15. The number of halogens is 2. The molecule has 0 aromatic heterocycles. The average Bonchev–Trinajstić information content (AvgIpc) is 2.25. The monoisotopic (exact) mass is 221 g/mol. The Kier molecular flexibility index (Phi) is 3.08. The van der Waals surface area contributed by atoms with E-state index in [4.69, 9.17) is 0 Å². The second-order valence-corrected chi connectivity index (χ2v) is 4.32. The van der Waals surface area contributed by atoms with Crippen LogP contribution >= 0.6 is 8.58 Å². The molecule has 0 fully saturated rings. The maximum atomic E-state index is 12.6. The highest BCUT2D eigenvalue weighted by Crippen LogP contribution is 2.11. The average molecular weight is 221 g/mol. The van der Waals surface area contributed by atoms with Crippen LogP contribution in [0.2, 0.25) is 0 Å². The lowest BCUT2D eigenvalue weighted by Gasteiger charge is -2.00. The second kappa shape index (κ2) is 4.50. The largest absolute Gasteiger partial charge is 0.207 e. The van der Waals surface area contributed by atoms with Gasteiger partial charge >= 0.3 is 0 Å². The summed E-state index contributed by atoms with van der Waals surface area (Å²) in [5, 5.41) is 1.98. The van der Waals surface area contributed by atoms with Crippen molar-refractivity contribution >= 4 is 19.2 Å². The quantitative estimate of drug-likeness (QED) is 0.684. The van der Waals surface area contributed by atoms with Gasteiger partial charge in [0.25, 0.3) is 0 Å². The number of hydrogen-bond acceptors (Lipinski definition) is 0. The molecule has 0 saturated carbocycles. The van der Waals surface area contributed by atoms with Crippen LogP contribution in [0.1, 0.15) is 0 Å². The molecule has 0 bridgehead atoms. The van der Waals surface area contributed by atoms with Crippen molar-refractivity contribution < 1.29 is 8.78 Å². The van der Waals surface area contributed by atoms with Crippen LogP contribution in [-0.2, 0) is 0 Å². The molecule has 2 rings (SSSR count). The molecule has 0 amide bonds. The highest BCUT2D eigenvalue weighted by Gasteiger charge is 1.98. The SMILES string of the molecule is Fc1ccc([P]c2ccc(F)cc2)cc1. The van der Waals surface area contributed by atoms with Gasteiger partial charge in [0, 0.05) is 0 Å². The van der Waals surface area contributed by atoms with Crippen LogP contribution in [0.5, 0.6) is 0 Å². The fourth-order valence-corrected chi connectivity index (χ4v) is 2.07. The van der Waals surface area contributed by atoms with Crippen molar-refractivity contribution in [2.45, 2.75) is 0 Å². The fraction of sp³-hybridized carbons (Fsp3) is 0. The van der Waals surface area contributed by atoms with E-state index < -0.39 is 0 Å². The molecule has 2 aromatic carbocycles. The van der Waals surface area contributed by atoms with Gasteiger partial charge in [-0.3, -0.25) is 0 Å². The van der Waals surface area contributed by atoms with Crippen LogP contribution in [0.25, 0.3) is 0 Å². The van der Waals surface area contributed by atoms with Gasteiger partial charge in [0.15, 0.2) is 0 Å². The van der Waals surface area contributed by atoms with E-state index in [-0.39, 0.29) is 11.6 Å². The minimum absolute atomic E-state index is 0.243. The molecule has 3 heteroatoms. The smallest absolute Gasteiger partial charge is 0.123 e. The third-order valence-corrected chi connectivity index (χ3v) is 3.02. The van der Waals surface area contributed by atoms with E-state index in [1.165, 1.54) is 24.3 Å². The first-order valence-corrected chi connectivity index (χ1v) is 5.36. The molecular weight excluding hydrogens is 213 g/mol. The van der Waals surface area contributed by atoms with Crippen molar-refractivity contribution in [1.29, 1.82) is 0 Å². The van der Waals surface area contributed by atoms with E-state index >= 15 is 0 Å². The first-order chi connectivity index (χ1) is 7.24. The standard InChI is InChI=1S/C12H8F2P/c13-9-1-5-11(6-2-9)15-12-7-3-10(14)4-8-12/h1-8H. The fourth-order valence-electron chi connectivity index (χ4n) is 1.18. The van der Waals surface area contributed by atoms with Crippen LogP contribution in [-0.4, -0.2) is 0 Å². The molecule has 0 atom stereocenters. The van der Waals surface area contributed by atoms with Gasteiger partial charge < -0.3 is 0 Å². The third kappa shape index (κ3) is 2.84. The van der Waals surface area contributed by atoms with Gasteiger partial charge in [0.1, 0.15) is 11.6 Å². The van der Waals surface area contributed by atoms with E-state index in [0.717, 1.165) is 19.2 Å². The van der Waals surface area contributed by atoms with Crippen molar-refractivity contribution in [2.24, 2.45) is 0 Å². The van der Waals surface area contributed by atoms with E-state index in [0.29, 0.717) is 0 Å². The summed E-state index contributed by atoms with van der Waals surface area (Å²) in [7, 11) is 0.954. The second-order valence-electron chi connectivity index (χ2n) is 3.06. The summed E-state index contributed by atoms with van der Waals surface area (Å²) in [6, 6.07) is 12.6. The lowest BCUT2D eigenvalue weighted by molar-refractivity contribution is 0.628. The van der Waals surface area contributed by atoms with E-state index in [1.54, 1.807) is 24.3 Å². The van der Waals surface area contributed by atoms with Crippen LogP contribution < -0.4 is 10.6 Å². The molecule has 0 heterocycles. The molecule has 0 unspecified atom stereocenters. The zero-order chi connectivity index (χ0) is 10.7. The topological polar surface area (TPSA) is 0 Å². The molecule has 0 nitrogen and oxygen atoms in total. The summed E-state index contributed by atoms with van der Waals surface area (Å²) in [6.07, 6.45) is 0. The molecule has 0 spiro atoms. The minimum Gasteiger partial charge on any atom is -0.207 e. The van der Waals surface area contributed by atoms with E-state index in [2.05, 4.69) is 0 Å². The van der Waals surface area contributed by atoms with Crippen molar-refractivity contribution in [2.75, 3.05) is 0 Å². The van der Waals surface area contributed by atoms with Crippen molar-refractivity contribution in [3.63, 3.8) is 0 Å². The molecule has 0 N–H and O–H groups in total. The van der Waals surface area contributed by atoms with Gasteiger partial charge in [0.05, 0.1) is 0 Å². The number of hydrogen-bond donors (Lipinski definition) is 0. The van der Waals surface area contributed by atoms with Gasteiger partial charge in [-0.25, -0.2) is 8.78 Å². The van der Waals surface area contributed by atoms with Gasteiger partial charge in [-0.1, -0.05) is 24.3 Å². The minimum atomic E-state index is -0.243. The molecule has 2 aromatic rings. The van der Waals surface area contributed by atoms with E-state index in [1.807, 2.05) is 0 Å². The molecule has 1 radical (unpaired) electrons. The summed E-state index contributed by atoms with van der Waals surface area (Å²) < 4.78 is 25.3. The Morgan fingerprint density at radius 1 is 0.600 bits per heavy atom. The third-order valence-electron chi connectivity index (χ3n) is 1.91. The van der Waals surface area contributed by atoms with Crippen LogP contribution in [0.3, 0.4) is 0 Å². The first-order valence-electron chi connectivity index (χ1n) is 4.47. The van der Waals surface area contributed by atoms with Crippen LogP contribution in [0, 0.1) is 11.6 Å². The number of rotatable bonds is 2. The highest BCUT2D eigenvalue weighted by atomic mass is 31.1. The lowest BCUT2D eigenvalue weighted by Crippen LogP contribution is -2.02. The predicted octanol–water partition coefficient (Wildman–Crippen LogP) is 2.86. The lowest BCUT2D eigenvalue weighted by atomic mass is 10.3. The summed E-state index contributed by atoms with van der Waals surface area (Å²) in [5.74, 6) is -0.485. The maximum Gasteiger partial charge on any atom is 0.123 e. The van der Waals surface area contributed by atoms with Gasteiger partial charge in [0.2, 0.25) is 0 Å². The maximum absolute atomic E-state index is 12.6. The zero-order valence-corrected chi connectivity index (χ0v) is 8.72. The normalized spacial score (nSPS) is 10.3. The first kappa shape index (κ1) is 10.3. The summed E-state index contributed by atoms with van der Waals surface area (Å²) in [5.41, 5.74) is 0. The summed E-state index contributed by atoms with van der Waals surface area (Å²) in [6.45, 7) is 0. The van der Waals surface area contributed by atoms with Crippen molar-refractivity contribution in [3.05, 3.63) is 60.2 Å². The molecule has 0 aliphatic carbocycles. The summed E-state index contributed by atoms with van der Waals surface area (Å²) >= 11 is 0. The molecule has 0 aliphatic heterocycles. The Labute approximate surface area is 88.7 Å². The van der Waals surface area contributed by atoms with E-state index in [9.17, 15) is 8.78 Å². The Bertz CT molecular complexity index is 391. The predicted molar refractivity (Wildman–Crippen MR) is 59.0 cm³/mol. The van der Waals surface area contributed by atoms with Crippen LogP contribution in [0.15, 0.2) is 48.5 Å². The highest BCUT2D eigenvalue weighted by molar-refractivity contribution is 7.55. The van der Waals surface area contributed by atoms with Gasteiger partial charge in [-0.2, -0.15) is 0 Å². The Hall–Kier alpha value is -1.27. The van der Waals surface area contributed by atoms with Gasteiger partial charge in [-0.15, -0.1) is 0 Å². The van der Waals surface area contributed by atoms with Crippen molar-refractivity contribution in [3.8, 4) is 0 Å². The molecule has 15 heavy (non-hydrogen) atoms. The Morgan fingerprint density at radius 3 is 1.27 bits per heavy atom. The Morgan fingerprint density at radius 2 is 0.933 bits per heavy atom. The molecular formula is C12H8F2P. The van der Waals surface area contributed by atoms with Crippen LogP contribution in [0.4, 0.5) is 8.78 Å². The van der Waals surface area contributed by atoms with Crippen molar-refractivity contribution in [1.82, 2.24) is 0 Å². The van der Waals surface area contributed by atoms with Gasteiger partial charge in [-0.05, 0) is 43.5 Å². The molecule has 75 valence electrons. The number of benzene rings is 2. The zero-order valence-electron chi connectivity index (χ0n) is 7.82. The molecule has 0 aliphatic rings.